The molecule has 126 valence electrons. The van der Waals surface area contributed by atoms with E-state index in [2.05, 4.69) is 20.7 Å². The SMILES string of the molecule is O=C(c1ccncc1)N1CCCC(c2nccn2CC2CCC2)C1. The molecule has 2 aromatic heterocycles. The fraction of sp³-hybridized carbons (Fsp3) is 0.526. The Morgan fingerprint density at radius 2 is 1.96 bits per heavy atom. The minimum Gasteiger partial charge on any atom is -0.338 e. The van der Waals surface area contributed by atoms with Gasteiger partial charge in [-0.3, -0.25) is 9.78 Å². The number of nitrogens with zero attached hydrogens (tertiary/aromatic N) is 4. The molecule has 0 N–H and O–H groups in total. The Labute approximate surface area is 142 Å². The van der Waals surface area contributed by atoms with Crippen LogP contribution in [0.1, 0.15) is 54.2 Å². The Balaban J connectivity index is 1.47. The molecule has 2 fully saturated rings. The minimum absolute atomic E-state index is 0.110. The van der Waals surface area contributed by atoms with Crippen LogP contribution in [0.5, 0.6) is 0 Å². The molecule has 2 aromatic rings. The summed E-state index contributed by atoms with van der Waals surface area (Å²) in [6.45, 7) is 2.69. The van der Waals surface area contributed by atoms with Gasteiger partial charge in [0.2, 0.25) is 0 Å². The van der Waals surface area contributed by atoms with Gasteiger partial charge in [0.1, 0.15) is 5.82 Å². The minimum atomic E-state index is 0.110. The number of hydrogen-bond donors (Lipinski definition) is 0. The van der Waals surface area contributed by atoms with Crippen molar-refractivity contribution in [1.82, 2.24) is 19.4 Å². The third-order valence-electron chi connectivity index (χ3n) is 5.43. The summed E-state index contributed by atoms with van der Waals surface area (Å²) in [6, 6.07) is 3.59. The van der Waals surface area contributed by atoms with Crippen LogP contribution in [-0.2, 0) is 6.54 Å². The summed E-state index contributed by atoms with van der Waals surface area (Å²) in [5.41, 5.74) is 0.725. The first-order chi connectivity index (χ1) is 11.8. The first-order valence-corrected chi connectivity index (χ1v) is 9.01. The molecule has 0 spiro atoms. The molecule has 1 saturated carbocycles. The van der Waals surface area contributed by atoms with E-state index in [4.69, 9.17) is 0 Å². The van der Waals surface area contributed by atoms with Crippen LogP contribution >= 0.6 is 0 Å². The van der Waals surface area contributed by atoms with Gasteiger partial charge in [-0.1, -0.05) is 6.42 Å². The standard InChI is InChI=1S/C19H24N4O/c24-19(16-6-8-20-9-7-16)23-11-2-5-17(14-23)18-21-10-12-22(18)13-15-3-1-4-15/h6-10,12,15,17H,1-5,11,13-14H2. The summed E-state index contributed by atoms with van der Waals surface area (Å²) in [4.78, 5) is 23.3. The quantitative estimate of drug-likeness (QED) is 0.868. The van der Waals surface area contributed by atoms with Crippen molar-refractivity contribution >= 4 is 5.91 Å². The van der Waals surface area contributed by atoms with Crippen LogP contribution in [0.4, 0.5) is 0 Å². The lowest BCUT2D eigenvalue weighted by Crippen LogP contribution is -2.40. The van der Waals surface area contributed by atoms with Crippen LogP contribution in [0.25, 0.3) is 0 Å². The first kappa shape index (κ1) is 15.4. The highest BCUT2D eigenvalue weighted by atomic mass is 16.2. The molecule has 1 aliphatic carbocycles. The lowest BCUT2D eigenvalue weighted by Gasteiger charge is -2.33. The van der Waals surface area contributed by atoms with Crippen molar-refractivity contribution < 1.29 is 4.79 Å². The summed E-state index contributed by atoms with van der Waals surface area (Å²) in [5.74, 6) is 2.43. The predicted octanol–water partition coefficient (Wildman–Crippen LogP) is 3.10. The van der Waals surface area contributed by atoms with Crippen molar-refractivity contribution in [3.8, 4) is 0 Å². The third-order valence-corrected chi connectivity index (χ3v) is 5.43. The summed E-state index contributed by atoms with van der Waals surface area (Å²) in [6.07, 6.45) is 13.6. The number of hydrogen-bond acceptors (Lipinski definition) is 3. The molecule has 4 rings (SSSR count). The number of imidazole rings is 1. The smallest absolute Gasteiger partial charge is 0.253 e. The van der Waals surface area contributed by atoms with Crippen LogP contribution in [0, 0.1) is 5.92 Å². The van der Waals surface area contributed by atoms with Crippen LogP contribution in [0.2, 0.25) is 0 Å². The van der Waals surface area contributed by atoms with Gasteiger partial charge in [0, 0.05) is 55.9 Å². The second-order valence-electron chi connectivity index (χ2n) is 7.06. The maximum atomic E-state index is 12.7. The number of likely N-dealkylation sites (tertiary alicyclic amines) is 1. The van der Waals surface area contributed by atoms with Gasteiger partial charge in [0.05, 0.1) is 0 Å². The highest BCUT2D eigenvalue weighted by Gasteiger charge is 2.29. The number of aromatic nitrogens is 3. The molecule has 0 bridgehead atoms. The molecule has 2 aliphatic rings. The lowest BCUT2D eigenvalue weighted by molar-refractivity contribution is 0.0702. The van der Waals surface area contributed by atoms with Gasteiger partial charge >= 0.3 is 0 Å². The van der Waals surface area contributed by atoms with Gasteiger partial charge in [-0.2, -0.15) is 0 Å². The molecule has 0 aromatic carbocycles. The van der Waals surface area contributed by atoms with Crippen molar-refractivity contribution in [2.75, 3.05) is 13.1 Å². The van der Waals surface area contributed by atoms with Gasteiger partial charge < -0.3 is 9.47 Å². The normalized spacial score (nSPS) is 21.5. The topological polar surface area (TPSA) is 51.0 Å². The third kappa shape index (κ3) is 3.07. The molecule has 5 nitrogen and oxygen atoms in total. The Kier molecular flexibility index (Phi) is 4.32. The molecule has 5 heteroatoms. The van der Waals surface area contributed by atoms with Crippen LogP contribution < -0.4 is 0 Å². The van der Waals surface area contributed by atoms with E-state index in [-0.39, 0.29) is 5.91 Å². The molecule has 1 unspecified atom stereocenters. The molecular formula is C19H24N4O. The fourth-order valence-corrected chi connectivity index (χ4v) is 3.84. The second kappa shape index (κ2) is 6.75. The highest BCUT2D eigenvalue weighted by molar-refractivity contribution is 5.94. The number of pyridine rings is 1. The Morgan fingerprint density at radius 1 is 1.12 bits per heavy atom. The number of carbonyl (C=O) groups is 1. The average Bonchev–Trinajstić information content (AvgIpc) is 3.07. The van der Waals surface area contributed by atoms with E-state index in [1.807, 2.05) is 11.1 Å². The molecule has 1 amide bonds. The average molecular weight is 324 g/mol. The Bertz CT molecular complexity index is 692. The molecule has 1 aliphatic heterocycles. The van der Waals surface area contributed by atoms with Gasteiger partial charge in [0.15, 0.2) is 0 Å². The molecule has 24 heavy (non-hydrogen) atoms. The summed E-state index contributed by atoms with van der Waals surface area (Å²) in [5, 5.41) is 0. The summed E-state index contributed by atoms with van der Waals surface area (Å²) >= 11 is 0. The van der Waals surface area contributed by atoms with Gasteiger partial charge in [0.25, 0.3) is 5.91 Å². The van der Waals surface area contributed by atoms with E-state index in [0.717, 1.165) is 49.8 Å². The molecule has 0 radical (unpaired) electrons. The van der Waals surface area contributed by atoms with Crippen LogP contribution in [-0.4, -0.2) is 38.4 Å². The van der Waals surface area contributed by atoms with Crippen LogP contribution in [0.3, 0.4) is 0 Å². The first-order valence-electron chi connectivity index (χ1n) is 9.01. The van der Waals surface area contributed by atoms with Crippen LogP contribution in [0.15, 0.2) is 36.9 Å². The van der Waals surface area contributed by atoms with Gasteiger partial charge in [-0.05, 0) is 43.7 Å². The maximum absolute atomic E-state index is 12.7. The fourth-order valence-electron chi connectivity index (χ4n) is 3.84. The van der Waals surface area contributed by atoms with Crippen molar-refractivity contribution in [1.29, 1.82) is 0 Å². The maximum Gasteiger partial charge on any atom is 0.253 e. The largest absolute Gasteiger partial charge is 0.338 e. The van der Waals surface area contributed by atoms with Crippen molar-refractivity contribution in [2.45, 2.75) is 44.6 Å². The molecular weight excluding hydrogens is 300 g/mol. The second-order valence-corrected chi connectivity index (χ2v) is 7.06. The van der Waals surface area contributed by atoms with Crippen molar-refractivity contribution in [2.24, 2.45) is 5.92 Å². The Hall–Kier alpha value is -2.17. The molecule has 1 atom stereocenters. The highest BCUT2D eigenvalue weighted by Crippen LogP contribution is 2.31. The Morgan fingerprint density at radius 3 is 2.71 bits per heavy atom. The van der Waals surface area contributed by atoms with Gasteiger partial charge in [-0.15, -0.1) is 0 Å². The van der Waals surface area contributed by atoms with E-state index in [0.29, 0.717) is 5.92 Å². The molecule has 3 heterocycles. The zero-order chi connectivity index (χ0) is 16.4. The van der Waals surface area contributed by atoms with E-state index < -0.39 is 0 Å². The van der Waals surface area contributed by atoms with Crippen molar-refractivity contribution in [3.05, 3.63) is 48.3 Å². The lowest BCUT2D eigenvalue weighted by atomic mass is 9.85. The predicted molar refractivity (Wildman–Crippen MR) is 91.7 cm³/mol. The van der Waals surface area contributed by atoms with Crippen molar-refractivity contribution in [3.63, 3.8) is 0 Å². The van der Waals surface area contributed by atoms with E-state index >= 15 is 0 Å². The number of rotatable bonds is 4. The number of amides is 1. The summed E-state index contributed by atoms with van der Waals surface area (Å²) < 4.78 is 2.33. The number of piperidine rings is 1. The zero-order valence-electron chi connectivity index (χ0n) is 14.0. The van der Waals surface area contributed by atoms with E-state index in [1.54, 1.807) is 24.5 Å². The van der Waals surface area contributed by atoms with E-state index in [9.17, 15) is 4.79 Å². The van der Waals surface area contributed by atoms with E-state index in [1.165, 1.54) is 19.3 Å². The summed E-state index contributed by atoms with van der Waals surface area (Å²) in [7, 11) is 0. The number of carbonyl (C=O) groups excluding carboxylic acids is 1. The van der Waals surface area contributed by atoms with Gasteiger partial charge in [-0.25, -0.2) is 4.98 Å². The molecule has 1 saturated heterocycles. The zero-order valence-corrected chi connectivity index (χ0v) is 14.0. The monoisotopic (exact) mass is 324 g/mol.